The predicted octanol–water partition coefficient (Wildman–Crippen LogP) is 6.06. The lowest BCUT2D eigenvalue weighted by Gasteiger charge is -2.28. The molecule has 1 heterocycles. The Hall–Kier alpha value is -4.10. The van der Waals surface area contributed by atoms with E-state index in [4.69, 9.17) is 9.47 Å². The van der Waals surface area contributed by atoms with E-state index < -0.39 is 17.7 Å². The van der Waals surface area contributed by atoms with Crippen LogP contribution in [0.3, 0.4) is 0 Å². The van der Waals surface area contributed by atoms with Gasteiger partial charge in [-0.25, -0.2) is 0 Å². The number of aliphatic hydroxyl groups excluding tert-OH is 1. The van der Waals surface area contributed by atoms with Crippen LogP contribution in [0.25, 0.3) is 5.76 Å². The fourth-order valence-corrected chi connectivity index (χ4v) is 4.86. The second-order valence-corrected chi connectivity index (χ2v) is 10.6. The molecule has 41 heavy (non-hydrogen) atoms. The van der Waals surface area contributed by atoms with Crippen molar-refractivity contribution in [3.05, 3.63) is 101 Å². The van der Waals surface area contributed by atoms with Gasteiger partial charge in [-0.15, -0.1) is 0 Å². The van der Waals surface area contributed by atoms with Crippen molar-refractivity contribution in [3.63, 3.8) is 0 Å². The Balaban J connectivity index is 1.65. The third kappa shape index (κ3) is 7.35. The molecule has 1 fully saturated rings. The minimum Gasteiger partial charge on any atom is -0.507 e. The molecule has 1 N–H and O–H groups in total. The average Bonchev–Trinajstić information content (AvgIpc) is 3.25. The molecule has 3 aromatic carbocycles. The quantitative estimate of drug-likeness (QED) is 0.157. The third-order valence-corrected chi connectivity index (χ3v) is 7.25. The van der Waals surface area contributed by atoms with Crippen LogP contribution in [0.2, 0.25) is 0 Å². The lowest BCUT2D eigenvalue weighted by Crippen LogP contribution is -2.38. The Kier molecular flexibility index (Phi) is 10.2. The number of nitrogens with zero attached hydrogens (tertiary/aromatic N) is 2. The third-order valence-electron chi connectivity index (χ3n) is 7.25. The maximum atomic E-state index is 13.4. The molecule has 0 aliphatic carbocycles. The average molecular weight is 557 g/mol. The van der Waals surface area contributed by atoms with Crippen LogP contribution in [0, 0.1) is 5.92 Å². The highest BCUT2D eigenvalue weighted by atomic mass is 16.5. The Labute approximate surface area is 243 Å². The van der Waals surface area contributed by atoms with Crippen LogP contribution in [0.15, 0.2) is 84.4 Å². The molecule has 1 atom stereocenters. The van der Waals surface area contributed by atoms with Crippen LogP contribution in [-0.2, 0) is 16.2 Å². The van der Waals surface area contributed by atoms with E-state index in [1.807, 2.05) is 54.6 Å². The monoisotopic (exact) mass is 556 g/mol. The van der Waals surface area contributed by atoms with E-state index in [0.29, 0.717) is 49.3 Å². The zero-order valence-electron chi connectivity index (χ0n) is 24.4. The highest BCUT2D eigenvalue weighted by Crippen LogP contribution is 2.40. The molecule has 1 aliphatic rings. The van der Waals surface area contributed by atoms with Crippen LogP contribution in [0.5, 0.6) is 11.5 Å². The zero-order valence-corrected chi connectivity index (χ0v) is 24.4. The molecule has 1 aliphatic heterocycles. The number of aliphatic hydroxyl groups is 1. The van der Waals surface area contributed by atoms with Crippen LogP contribution in [0.4, 0.5) is 0 Å². The molecule has 216 valence electrons. The lowest BCUT2D eigenvalue weighted by atomic mass is 9.95. The number of likely N-dealkylation sites (tertiary alicyclic amines) is 1. The molecule has 4 rings (SSSR count). The molecule has 0 spiro atoms. The van der Waals surface area contributed by atoms with Crippen LogP contribution >= 0.6 is 0 Å². The number of ether oxygens (including phenoxy) is 2. The van der Waals surface area contributed by atoms with Gasteiger partial charge in [-0.3, -0.25) is 9.59 Å². The van der Waals surface area contributed by atoms with Gasteiger partial charge in [-0.05, 0) is 66.5 Å². The van der Waals surface area contributed by atoms with Gasteiger partial charge in [0.15, 0.2) is 0 Å². The summed E-state index contributed by atoms with van der Waals surface area (Å²) in [6.45, 7) is 11.9. The number of ketones is 1. The van der Waals surface area contributed by atoms with Gasteiger partial charge in [0.25, 0.3) is 11.7 Å². The number of amides is 1. The van der Waals surface area contributed by atoms with Gasteiger partial charge in [0.2, 0.25) is 0 Å². The van der Waals surface area contributed by atoms with Crippen molar-refractivity contribution < 1.29 is 24.2 Å². The molecule has 0 aromatic heterocycles. The molecular formula is C34H40N2O5. The first-order chi connectivity index (χ1) is 19.8. The summed E-state index contributed by atoms with van der Waals surface area (Å²) >= 11 is 0. The van der Waals surface area contributed by atoms with E-state index >= 15 is 0 Å². The number of Topliss-reactive ketones (excluding diaryl/α,β-unsaturated/α-hetero) is 1. The summed E-state index contributed by atoms with van der Waals surface area (Å²) in [6.07, 6.45) is 0. The minimum absolute atomic E-state index is 0.0864. The summed E-state index contributed by atoms with van der Waals surface area (Å²) in [6, 6.07) is 23.5. The summed E-state index contributed by atoms with van der Waals surface area (Å²) in [5.41, 5.74) is 2.33. The normalized spacial score (nSPS) is 16.5. The molecule has 7 heteroatoms. The maximum Gasteiger partial charge on any atom is 0.295 e. The SMILES string of the molecule is CCN(CC)CCN1C(=O)C(=O)/C(=C(/O)c2ccc(OCC(C)C)cc2)C1c1ccc(OCc2ccccc2)cc1. The van der Waals surface area contributed by atoms with Gasteiger partial charge >= 0.3 is 0 Å². The number of benzene rings is 3. The van der Waals surface area contributed by atoms with E-state index in [1.165, 1.54) is 0 Å². The molecule has 0 radical (unpaired) electrons. The summed E-state index contributed by atoms with van der Waals surface area (Å²) in [5, 5.41) is 11.4. The van der Waals surface area contributed by atoms with E-state index in [2.05, 4.69) is 32.6 Å². The number of likely N-dealkylation sites (N-methyl/N-ethyl adjacent to an activating group) is 1. The molecule has 7 nitrogen and oxygen atoms in total. The van der Waals surface area contributed by atoms with Crippen molar-refractivity contribution in [2.75, 3.05) is 32.8 Å². The minimum atomic E-state index is -0.717. The van der Waals surface area contributed by atoms with Gasteiger partial charge in [-0.1, -0.05) is 70.2 Å². The van der Waals surface area contributed by atoms with Crippen LogP contribution in [-0.4, -0.2) is 59.4 Å². The van der Waals surface area contributed by atoms with Crippen molar-refractivity contribution in [3.8, 4) is 11.5 Å². The highest BCUT2D eigenvalue weighted by Gasteiger charge is 2.46. The van der Waals surface area contributed by atoms with Crippen molar-refractivity contribution in [2.45, 2.75) is 40.3 Å². The maximum absolute atomic E-state index is 13.4. The molecule has 1 unspecified atom stereocenters. The Morgan fingerprint density at radius 3 is 2.10 bits per heavy atom. The van der Waals surface area contributed by atoms with Gasteiger partial charge < -0.3 is 24.4 Å². The first-order valence-electron chi connectivity index (χ1n) is 14.3. The molecule has 1 amide bonds. The Morgan fingerprint density at radius 2 is 1.49 bits per heavy atom. The first-order valence-corrected chi connectivity index (χ1v) is 14.3. The van der Waals surface area contributed by atoms with Crippen LogP contribution < -0.4 is 9.47 Å². The zero-order chi connectivity index (χ0) is 29.4. The van der Waals surface area contributed by atoms with Crippen molar-refractivity contribution in [2.24, 2.45) is 5.92 Å². The number of hydrogen-bond acceptors (Lipinski definition) is 6. The standard InChI is InChI=1S/C34H40N2O5/c1-5-35(6-2)20-21-36-31(26-12-16-29(17-13-26)41-23-25-10-8-7-9-11-25)30(33(38)34(36)39)32(37)27-14-18-28(19-15-27)40-22-24(3)4/h7-19,24,31,37H,5-6,20-23H2,1-4H3/b32-30+. The second-order valence-electron chi connectivity index (χ2n) is 10.6. The number of rotatable bonds is 13. The van der Waals surface area contributed by atoms with Gasteiger partial charge in [-0.2, -0.15) is 0 Å². The Morgan fingerprint density at radius 1 is 0.878 bits per heavy atom. The van der Waals surface area contributed by atoms with Crippen LogP contribution in [0.1, 0.15) is 50.4 Å². The summed E-state index contributed by atoms with van der Waals surface area (Å²) in [5.74, 6) is 0.248. The summed E-state index contributed by atoms with van der Waals surface area (Å²) < 4.78 is 11.7. The smallest absolute Gasteiger partial charge is 0.295 e. The van der Waals surface area contributed by atoms with E-state index in [1.54, 1.807) is 29.2 Å². The topological polar surface area (TPSA) is 79.3 Å². The molecule has 0 bridgehead atoms. The molecule has 1 saturated heterocycles. The molecule has 0 saturated carbocycles. The van der Waals surface area contributed by atoms with E-state index in [9.17, 15) is 14.7 Å². The number of carbonyl (C=O) groups is 2. The number of carbonyl (C=O) groups excluding carboxylic acids is 2. The van der Waals surface area contributed by atoms with Gasteiger partial charge in [0.1, 0.15) is 23.9 Å². The fraction of sp³-hybridized carbons (Fsp3) is 0.353. The predicted molar refractivity (Wildman–Crippen MR) is 161 cm³/mol. The van der Waals surface area contributed by atoms with Crippen molar-refractivity contribution in [1.29, 1.82) is 0 Å². The first kappa shape index (κ1) is 29.9. The van der Waals surface area contributed by atoms with Crippen molar-refractivity contribution >= 4 is 17.4 Å². The summed E-state index contributed by atoms with van der Waals surface area (Å²) in [4.78, 5) is 30.5. The largest absolute Gasteiger partial charge is 0.507 e. The van der Waals surface area contributed by atoms with E-state index in [0.717, 1.165) is 24.2 Å². The number of hydrogen-bond donors (Lipinski definition) is 1. The van der Waals surface area contributed by atoms with Gasteiger partial charge in [0.05, 0.1) is 18.2 Å². The fourth-order valence-electron chi connectivity index (χ4n) is 4.86. The second kappa shape index (κ2) is 14.0. The summed E-state index contributed by atoms with van der Waals surface area (Å²) in [7, 11) is 0. The molecular weight excluding hydrogens is 516 g/mol. The van der Waals surface area contributed by atoms with Crippen molar-refractivity contribution in [1.82, 2.24) is 9.80 Å². The Bertz CT molecular complexity index is 1330. The highest BCUT2D eigenvalue weighted by molar-refractivity contribution is 6.46. The molecule has 3 aromatic rings. The van der Waals surface area contributed by atoms with E-state index in [-0.39, 0.29) is 11.3 Å². The van der Waals surface area contributed by atoms with Gasteiger partial charge in [0, 0.05) is 18.7 Å². The lowest BCUT2D eigenvalue weighted by molar-refractivity contribution is -0.140.